The Morgan fingerprint density at radius 3 is 2.17 bits per heavy atom. The number of hydrogen-bond donors (Lipinski definition) is 0. The van der Waals surface area contributed by atoms with Gasteiger partial charge in [-0.25, -0.2) is 4.84 Å². The van der Waals surface area contributed by atoms with Crippen molar-refractivity contribution >= 4 is 0 Å². The molecule has 6 heavy (non-hydrogen) atoms. The van der Waals surface area contributed by atoms with E-state index in [-0.39, 0.29) is 6.61 Å². The van der Waals surface area contributed by atoms with Crippen LogP contribution in [0.15, 0.2) is 0 Å². The van der Waals surface area contributed by atoms with E-state index in [9.17, 15) is 8.96 Å². The third-order valence-electron chi connectivity index (χ3n) is 0.227. The molecule has 0 radical (unpaired) electrons. The predicted molar refractivity (Wildman–Crippen MR) is 15.7 cm³/mol. The van der Waals surface area contributed by atoms with Gasteiger partial charge in [-0.15, -0.1) is 0 Å². The molecule has 0 fully saturated rings. The summed E-state index contributed by atoms with van der Waals surface area (Å²) in [5, 5.41) is 0. The smallest absolute Gasteiger partial charge is 0.159 e. The lowest BCUT2D eigenvalue weighted by Crippen LogP contribution is -2.00. The summed E-state index contributed by atoms with van der Waals surface area (Å²) in [6.07, 6.45) is 0. The van der Waals surface area contributed by atoms with Gasteiger partial charge in [-0.2, -0.15) is 0 Å². The SMILES string of the molecule is CCON(F)F. The fourth-order valence-corrected chi connectivity index (χ4v) is 0.0976. The van der Waals surface area contributed by atoms with E-state index in [1.54, 1.807) is 0 Å². The maximum Gasteiger partial charge on any atom is 0.159 e. The Labute approximate surface area is 34.1 Å². The van der Waals surface area contributed by atoms with E-state index in [1.165, 1.54) is 6.92 Å². The Kier molecular flexibility index (Phi) is 2.88. The van der Waals surface area contributed by atoms with Crippen LogP contribution in [0.4, 0.5) is 8.96 Å². The lowest BCUT2D eigenvalue weighted by Gasteiger charge is -1.92. The highest BCUT2D eigenvalue weighted by Crippen LogP contribution is 1.87. The first-order valence-electron chi connectivity index (χ1n) is 1.52. The van der Waals surface area contributed by atoms with Gasteiger partial charge in [-0.05, 0) is 6.92 Å². The van der Waals surface area contributed by atoms with Crippen molar-refractivity contribution in [1.29, 1.82) is 0 Å². The molecule has 0 unspecified atom stereocenters. The third-order valence-corrected chi connectivity index (χ3v) is 0.227. The van der Waals surface area contributed by atoms with Crippen molar-refractivity contribution in [3.05, 3.63) is 0 Å². The maximum absolute atomic E-state index is 10.6. The lowest BCUT2D eigenvalue weighted by atomic mass is 10.9. The Morgan fingerprint density at radius 1 is 1.67 bits per heavy atom. The van der Waals surface area contributed by atoms with Crippen molar-refractivity contribution in [1.82, 2.24) is 5.51 Å². The third kappa shape index (κ3) is 3.78. The van der Waals surface area contributed by atoms with Crippen LogP contribution >= 0.6 is 0 Å². The monoisotopic (exact) mass is 97.0 g/mol. The zero-order chi connectivity index (χ0) is 4.99. The molecular formula is C2H5F2NO. The predicted octanol–water partition coefficient (Wildman–Crippen LogP) is 1.01. The zero-order valence-electron chi connectivity index (χ0n) is 3.32. The molecule has 0 aromatic heterocycles. The van der Waals surface area contributed by atoms with Gasteiger partial charge in [-0.1, -0.05) is 8.96 Å². The molecule has 4 heteroatoms. The average molecular weight is 97.1 g/mol. The van der Waals surface area contributed by atoms with Crippen molar-refractivity contribution in [2.24, 2.45) is 0 Å². The number of hydrogen-bond acceptors (Lipinski definition) is 2. The minimum atomic E-state index is -1.32. The van der Waals surface area contributed by atoms with Crippen molar-refractivity contribution in [3.63, 3.8) is 0 Å². The van der Waals surface area contributed by atoms with Crippen LogP contribution in [0, 0.1) is 0 Å². The van der Waals surface area contributed by atoms with E-state index >= 15 is 0 Å². The summed E-state index contributed by atoms with van der Waals surface area (Å²) in [6, 6.07) is 0. The molecule has 0 heterocycles. The van der Waals surface area contributed by atoms with Gasteiger partial charge in [0.15, 0.2) is 5.51 Å². The molecule has 0 aliphatic carbocycles. The first-order valence-corrected chi connectivity index (χ1v) is 1.52. The molecule has 0 spiro atoms. The number of halogens is 2. The van der Waals surface area contributed by atoms with Gasteiger partial charge in [-0.3, -0.25) is 0 Å². The second kappa shape index (κ2) is 2.99. The minimum Gasteiger partial charge on any atom is -0.243 e. The van der Waals surface area contributed by atoms with Gasteiger partial charge >= 0.3 is 0 Å². The zero-order valence-corrected chi connectivity index (χ0v) is 3.32. The Morgan fingerprint density at radius 2 is 2.17 bits per heavy atom. The number of nitrogens with zero attached hydrogens (tertiary/aromatic N) is 1. The van der Waals surface area contributed by atoms with Gasteiger partial charge in [0.1, 0.15) is 0 Å². The van der Waals surface area contributed by atoms with Crippen molar-refractivity contribution in [2.45, 2.75) is 6.92 Å². The standard InChI is InChI=1S/C2H5F2NO/c1-2-6-5(3)4/h2H2,1H3. The van der Waals surface area contributed by atoms with Crippen molar-refractivity contribution in [2.75, 3.05) is 6.61 Å². The van der Waals surface area contributed by atoms with Crippen LogP contribution in [0.2, 0.25) is 0 Å². The Balaban J connectivity index is 2.63. The lowest BCUT2D eigenvalue weighted by molar-refractivity contribution is -0.389. The summed E-state index contributed by atoms with van der Waals surface area (Å²) < 4.78 is 21.3. The highest BCUT2D eigenvalue weighted by Gasteiger charge is 1.90. The van der Waals surface area contributed by atoms with Gasteiger partial charge < -0.3 is 0 Å². The van der Waals surface area contributed by atoms with Gasteiger partial charge in [0.25, 0.3) is 0 Å². The highest BCUT2D eigenvalue weighted by molar-refractivity contribution is 3.93. The van der Waals surface area contributed by atoms with E-state index in [0.717, 1.165) is 0 Å². The second-order valence-corrected chi connectivity index (χ2v) is 0.620. The van der Waals surface area contributed by atoms with E-state index in [0.29, 0.717) is 0 Å². The minimum absolute atomic E-state index is 0.00694. The quantitative estimate of drug-likeness (QED) is 0.376. The molecule has 0 amide bonds. The fourth-order valence-electron chi connectivity index (χ4n) is 0.0976. The van der Waals surface area contributed by atoms with Gasteiger partial charge in [0.05, 0.1) is 6.61 Å². The normalized spacial score (nSPS) is 10.0. The molecule has 0 saturated heterocycles. The van der Waals surface area contributed by atoms with Crippen molar-refractivity contribution in [3.8, 4) is 0 Å². The summed E-state index contributed by atoms with van der Waals surface area (Å²) in [5.74, 6) is 0. The molecule has 0 saturated carbocycles. The van der Waals surface area contributed by atoms with Crippen LogP contribution in [0.3, 0.4) is 0 Å². The highest BCUT2D eigenvalue weighted by atomic mass is 19.4. The van der Waals surface area contributed by atoms with Crippen LogP contribution < -0.4 is 0 Å². The summed E-state index contributed by atoms with van der Waals surface area (Å²) in [7, 11) is 0. The van der Waals surface area contributed by atoms with Gasteiger partial charge in [0, 0.05) is 0 Å². The van der Waals surface area contributed by atoms with E-state index in [1.807, 2.05) is 0 Å². The van der Waals surface area contributed by atoms with Crippen LogP contribution in [0.5, 0.6) is 0 Å². The van der Waals surface area contributed by atoms with Crippen LogP contribution in [0.1, 0.15) is 6.92 Å². The Bertz CT molecular complexity index is 32.7. The molecule has 0 N–H and O–H groups in total. The van der Waals surface area contributed by atoms with E-state index < -0.39 is 5.51 Å². The maximum atomic E-state index is 10.6. The summed E-state index contributed by atoms with van der Waals surface area (Å²) in [4.78, 5) is 3.54. The number of rotatable bonds is 2. The van der Waals surface area contributed by atoms with Crippen LogP contribution in [-0.2, 0) is 4.84 Å². The first kappa shape index (κ1) is 5.78. The summed E-state index contributed by atoms with van der Waals surface area (Å²) >= 11 is 0. The van der Waals surface area contributed by atoms with E-state index in [4.69, 9.17) is 0 Å². The van der Waals surface area contributed by atoms with E-state index in [2.05, 4.69) is 4.84 Å². The molecule has 0 atom stereocenters. The fraction of sp³-hybridized carbons (Fsp3) is 1.00. The Hall–Kier alpha value is -0.220. The topological polar surface area (TPSA) is 12.5 Å². The molecule has 0 aromatic carbocycles. The average Bonchev–Trinajstić information content (AvgIpc) is 1.35. The molecule has 0 bridgehead atoms. The molecule has 2 nitrogen and oxygen atoms in total. The second-order valence-electron chi connectivity index (χ2n) is 0.620. The summed E-state index contributed by atoms with van der Waals surface area (Å²) in [6.45, 7) is 1.49. The first-order chi connectivity index (χ1) is 2.77. The van der Waals surface area contributed by atoms with Crippen molar-refractivity contribution < 1.29 is 13.8 Å². The molecule has 38 valence electrons. The van der Waals surface area contributed by atoms with Gasteiger partial charge in [0.2, 0.25) is 0 Å². The van der Waals surface area contributed by atoms with Crippen LogP contribution in [-0.4, -0.2) is 12.1 Å². The molecule has 0 rings (SSSR count). The molecule has 0 aliphatic heterocycles. The van der Waals surface area contributed by atoms with Crippen LogP contribution in [0.25, 0.3) is 0 Å². The molecular weight excluding hydrogens is 92.0 g/mol. The molecule has 0 aromatic rings. The largest absolute Gasteiger partial charge is 0.243 e. The summed E-state index contributed by atoms with van der Waals surface area (Å²) in [5.41, 5.74) is -1.32. The molecule has 0 aliphatic rings.